The van der Waals surface area contributed by atoms with Crippen LogP contribution in [0.15, 0.2) is 82.8 Å². The van der Waals surface area contributed by atoms with Crippen LogP contribution < -0.4 is 0 Å². The summed E-state index contributed by atoms with van der Waals surface area (Å²) in [5, 5.41) is 13.1. The lowest BCUT2D eigenvalue weighted by Crippen LogP contribution is -2.06. The number of hydroxylamine groups is 1. The lowest BCUT2D eigenvalue weighted by atomic mass is 10.2. The highest BCUT2D eigenvalue weighted by Gasteiger charge is 2.07. The zero-order chi connectivity index (χ0) is 16.8. The number of hydrogen-bond donors (Lipinski definition) is 0. The Morgan fingerprint density at radius 3 is 2.50 bits per heavy atom. The van der Waals surface area contributed by atoms with Gasteiger partial charge >= 0.3 is 0 Å². The fraction of sp³-hybridized carbons (Fsp3) is 0.100. The Morgan fingerprint density at radius 2 is 1.75 bits per heavy atom. The highest BCUT2D eigenvalue weighted by atomic mass is 32.2. The number of rotatable bonds is 5. The quantitative estimate of drug-likeness (QED) is 0.294. The van der Waals surface area contributed by atoms with Gasteiger partial charge in [-0.25, -0.2) is 9.72 Å². The van der Waals surface area contributed by atoms with Gasteiger partial charge in [-0.1, -0.05) is 59.8 Å². The molecule has 3 nitrogen and oxygen atoms in total. The third-order valence-corrected chi connectivity index (χ3v) is 4.54. The molecule has 0 bridgehead atoms. The van der Waals surface area contributed by atoms with Crippen molar-refractivity contribution < 1.29 is 4.74 Å². The van der Waals surface area contributed by atoms with Crippen molar-refractivity contribution in [1.82, 2.24) is 4.98 Å². The number of aromatic nitrogens is 1. The van der Waals surface area contributed by atoms with Crippen molar-refractivity contribution >= 4 is 18.0 Å². The zero-order valence-corrected chi connectivity index (χ0v) is 14.2. The minimum Gasteiger partial charge on any atom is -0.624 e. The van der Waals surface area contributed by atoms with Gasteiger partial charge in [-0.2, -0.15) is 0 Å². The van der Waals surface area contributed by atoms with Crippen LogP contribution >= 0.6 is 11.8 Å². The van der Waals surface area contributed by atoms with E-state index in [9.17, 15) is 5.21 Å². The summed E-state index contributed by atoms with van der Waals surface area (Å²) in [7, 11) is 0. The monoisotopic (exact) mass is 334 g/mol. The van der Waals surface area contributed by atoms with Crippen molar-refractivity contribution in [2.24, 2.45) is 0 Å². The normalized spacial score (nSPS) is 11.5. The molecule has 1 aromatic heterocycles. The molecule has 0 saturated carbocycles. The highest BCUT2D eigenvalue weighted by Crippen LogP contribution is 2.28. The molecule has 24 heavy (non-hydrogen) atoms. The molecule has 120 valence electrons. The van der Waals surface area contributed by atoms with Gasteiger partial charge in [0.2, 0.25) is 0 Å². The maximum Gasteiger partial charge on any atom is 0.184 e. The van der Waals surface area contributed by atoms with E-state index in [0.29, 0.717) is 6.54 Å². The molecule has 0 spiro atoms. The third kappa shape index (κ3) is 4.46. The molecule has 3 rings (SSSR count). The topological polar surface area (TPSA) is 39.0 Å². The molecule has 0 saturated heterocycles. The average Bonchev–Trinajstić information content (AvgIpc) is 2.59. The number of aryl methyl sites for hydroxylation is 1. The van der Waals surface area contributed by atoms with Crippen molar-refractivity contribution in [2.75, 3.05) is 0 Å². The van der Waals surface area contributed by atoms with Gasteiger partial charge in [-0.15, -0.1) is 0 Å². The van der Waals surface area contributed by atoms with E-state index in [-0.39, 0.29) is 0 Å². The molecule has 0 aliphatic rings. The fourth-order valence-corrected chi connectivity index (χ4v) is 3.12. The molecule has 0 N–H and O–H groups in total. The summed E-state index contributed by atoms with van der Waals surface area (Å²) < 4.78 is 0.950. The first-order chi connectivity index (χ1) is 11.7. The van der Waals surface area contributed by atoms with Crippen molar-refractivity contribution in [3.63, 3.8) is 0 Å². The van der Waals surface area contributed by atoms with E-state index in [1.54, 1.807) is 24.2 Å². The molecular formula is C20H18N2OS. The Balaban J connectivity index is 1.80. The Kier molecular flexibility index (Phi) is 5.29. The van der Waals surface area contributed by atoms with E-state index >= 15 is 0 Å². The molecule has 0 fully saturated rings. The molecule has 0 atom stereocenters. The second kappa shape index (κ2) is 7.79. The Bertz CT molecular complexity index is 830. The SMILES string of the molecule is Cc1ccc(Sc2ncccc2C=[N+]([O-])Cc2ccccc2)cc1. The lowest BCUT2D eigenvalue weighted by molar-refractivity contribution is -0.469. The van der Waals surface area contributed by atoms with Gasteiger partial charge in [0.25, 0.3) is 0 Å². The van der Waals surface area contributed by atoms with Gasteiger partial charge in [-0.3, -0.25) is 0 Å². The van der Waals surface area contributed by atoms with E-state index in [4.69, 9.17) is 0 Å². The molecule has 3 aromatic rings. The van der Waals surface area contributed by atoms with Crippen molar-refractivity contribution in [3.8, 4) is 0 Å². The van der Waals surface area contributed by atoms with Gasteiger partial charge in [-0.05, 0) is 31.2 Å². The minimum absolute atomic E-state index is 0.324. The molecule has 0 amide bonds. The first-order valence-electron chi connectivity index (χ1n) is 7.73. The Labute approximate surface area is 146 Å². The van der Waals surface area contributed by atoms with Crippen molar-refractivity contribution in [1.29, 1.82) is 0 Å². The minimum atomic E-state index is 0.324. The molecule has 2 aromatic carbocycles. The number of nitrogens with zero attached hydrogens (tertiary/aromatic N) is 2. The zero-order valence-electron chi connectivity index (χ0n) is 13.4. The summed E-state index contributed by atoms with van der Waals surface area (Å²) in [6.07, 6.45) is 3.36. The molecule has 0 aliphatic heterocycles. The molecule has 4 heteroatoms. The largest absolute Gasteiger partial charge is 0.624 e. The van der Waals surface area contributed by atoms with Crippen LogP contribution in [0, 0.1) is 12.1 Å². The van der Waals surface area contributed by atoms with Gasteiger partial charge in [0.05, 0.1) is 5.56 Å². The summed E-state index contributed by atoms with van der Waals surface area (Å²) in [6.45, 7) is 2.39. The molecular weight excluding hydrogens is 316 g/mol. The van der Waals surface area contributed by atoms with Crippen LogP contribution in [-0.2, 0) is 6.54 Å². The van der Waals surface area contributed by atoms with E-state index < -0.39 is 0 Å². The maximum atomic E-state index is 12.3. The third-order valence-electron chi connectivity index (χ3n) is 3.50. The lowest BCUT2D eigenvalue weighted by Gasteiger charge is -2.07. The van der Waals surface area contributed by atoms with Crippen LogP contribution in [0.5, 0.6) is 0 Å². The van der Waals surface area contributed by atoms with Crippen LogP contribution in [0.2, 0.25) is 0 Å². The van der Waals surface area contributed by atoms with E-state index in [2.05, 4.69) is 36.2 Å². The van der Waals surface area contributed by atoms with Gasteiger partial charge in [0.15, 0.2) is 12.8 Å². The van der Waals surface area contributed by atoms with Crippen LogP contribution in [0.3, 0.4) is 0 Å². The van der Waals surface area contributed by atoms with Crippen LogP contribution in [0.4, 0.5) is 0 Å². The summed E-state index contributed by atoms with van der Waals surface area (Å²) in [5.74, 6) is 0. The first-order valence-corrected chi connectivity index (χ1v) is 8.54. The van der Waals surface area contributed by atoms with E-state index in [1.807, 2.05) is 42.5 Å². The Morgan fingerprint density at radius 1 is 1.00 bits per heavy atom. The van der Waals surface area contributed by atoms with E-state index in [1.165, 1.54) is 5.56 Å². The second-order valence-corrected chi connectivity index (χ2v) is 6.57. The van der Waals surface area contributed by atoms with Gasteiger partial charge in [0, 0.05) is 16.7 Å². The maximum absolute atomic E-state index is 12.3. The average molecular weight is 334 g/mol. The number of hydrogen-bond acceptors (Lipinski definition) is 3. The van der Waals surface area contributed by atoms with E-state index in [0.717, 1.165) is 25.8 Å². The van der Waals surface area contributed by atoms with Crippen LogP contribution in [0.25, 0.3) is 0 Å². The summed E-state index contributed by atoms with van der Waals surface area (Å²) >= 11 is 1.56. The number of pyridine rings is 1. The number of benzene rings is 2. The smallest absolute Gasteiger partial charge is 0.184 e. The van der Waals surface area contributed by atoms with Crippen LogP contribution in [0.1, 0.15) is 16.7 Å². The molecule has 0 unspecified atom stereocenters. The second-order valence-electron chi connectivity index (χ2n) is 5.50. The summed E-state index contributed by atoms with van der Waals surface area (Å²) in [4.78, 5) is 5.53. The fourth-order valence-electron chi connectivity index (χ4n) is 2.27. The Hall–Kier alpha value is -2.59. The van der Waals surface area contributed by atoms with Gasteiger partial charge < -0.3 is 5.21 Å². The molecule has 0 radical (unpaired) electrons. The summed E-state index contributed by atoms with van der Waals surface area (Å²) in [5.41, 5.74) is 3.04. The van der Waals surface area contributed by atoms with Gasteiger partial charge in [0.1, 0.15) is 5.03 Å². The highest BCUT2D eigenvalue weighted by molar-refractivity contribution is 7.99. The first kappa shape index (κ1) is 16.3. The predicted molar refractivity (Wildman–Crippen MR) is 98.5 cm³/mol. The molecule has 0 aliphatic carbocycles. The molecule has 1 heterocycles. The van der Waals surface area contributed by atoms with Crippen LogP contribution in [-0.4, -0.2) is 15.9 Å². The standard InChI is InChI=1S/C20H18N2OS/c1-16-9-11-19(12-10-16)24-20-18(8-5-13-21-20)15-22(23)14-17-6-3-2-4-7-17/h2-13,15H,14H2,1H3. The van der Waals surface area contributed by atoms with Crippen molar-refractivity contribution in [3.05, 3.63) is 94.8 Å². The summed E-state index contributed by atoms with van der Waals surface area (Å²) in [6, 6.07) is 21.8. The predicted octanol–water partition coefficient (Wildman–Crippen LogP) is 4.67. The van der Waals surface area contributed by atoms with Crippen molar-refractivity contribution in [2.45, 2.75) is 23.4 Å².